The van der Waals surface area contributed by atoms with E-state index in [1.807, 2.05) is 0 Å². The van der Waals surface area contributed by atoms with E-state index < -0.39 is 12.1 Å². The van der Waals surface area contributed by atoms with Crippen molar-refractivity contribution >= 4 is 12.1 Å². The van der Waals surface area contributed by atoms with E-state index in [1.54, 1.807) is 6.92 Å². The standard InChI is InChI=1S/C9H15NO4/c1-2-13-9(12)14-8(11)5-7(10)6-3-4-6/h6-7H,2-5,10H2,1H3. The Kier molecular flexibility index (Phi) is 3.88. The van der Waals surface area contributed by atoms with Gasteiger partial charge in [0.2, 0.25) is 0 Å². The lowest BCUT2D eigenvalue weighted by molar-refractivity contribution is -0.140. The second-order valence-electron chi connectivity index (χ2n) is 3.36. The zero-order chi connectivity index (χ0) is 10.6. The van der Waals surface area contributed by atoms with E-state index in [1.165, 1.54) is 0 Å². The fraction of sp³-hybridized carbons (Fsp3) is 0.778. The van der Waals surface area contributed by atoms with Crippen molar-refractivity contribution in [1.29, 1.82) is 0 Å². The molecule has 1 aliphatic carbocycles. The summed E-state index contributed by atoms with van der Waals surface area (Å²) in [5.74, 6) is -0.187. The van der Waals surface area contributed by atoms with Crippen molar-refractivity contribution in [2.75, 3.05) is 6.61 Å². The Morgan fingerprint density at radius 3 is 2.64 bits per heavy atom. The molecule has 1 aliphatic rings. The average Bonchev–Trinajstić information content (AvgIpc) is 2.85. The molecule has 0 bridgehead atoms. The molecular formula is C9H15NO4. The van der Waals surface area contributed by atoms with E-state index in [-0.39, 0.29) is 19.1 Å². The van der Waals surface area contributed by atoms with Crippen LogP contribution in [0.5, 0.6) is 0 Å². The molecule has 5 nitrogen and oxygen atoms in total. The summed E-state index contributed by atoms with van der Waals surface area (Å²) in [6, 6.07) is -0.183. The van der Waals surface area contributed by atoms with Gasteiger partial charge in [0.1, 0.15) is 0 Å². The Morgan fingerprint density at radius 2 is 2.14 bits per heavy atom. The molecule has 1 unspecified atom stereocenters. The van der Waals surface area contributed by atoms with Crippen LogP contribution in [0.3, 0.4) is 0 Å². The van der Waals surface area contributed by atoms with Gasteiger partial charge in [0.25, 0.3) is 0 Å². The van der Waals surface area contributed by atoms with E-state index in [0.29, 0.717) is 5.92 Å². The maximum Gasteiger partial charge on any atom is 0.516 e. The lowest BCUT2D eigenvalue weighted by Crippen LogP contribution is -2.28. The van der Waals surface area contributed by atoms with Gasteiger partial charge in [0, 0.05) is 6.04 Å². The molecular weight excluding hydrogens is 186 g/mol. The van der Waals surface area contributed by atoms with Crippen molar-refractivity contribution < 1.29 is 19.1 Å². The first kappa shape index (κ1) is 11.0. The lowest BCUT2D eigenvalue weighted by Gasteiger charge is -2.08. The number of hydrogen-bond acceptors (Lipinski definition) is 5. The van der Waals surface area contributed by atoms with Crippen molar-refractivity contribution in [3.8, 4) is 0 Å². The van der Waals surface area contributed by atoms with Crippen LogP contribution in [0.15, 0.2) is 0 Å². The molecule has 5 heteroatoms. The Bertz CT molecular complexity index is 225. The highest BCUT2D eigenvalue weighted by Gasteiger charge is 2.30. The summed E-state index contributed by atoms with van der Waals surface area (Å²) in [6.45, 7) is 1.84. The molecule has 0 spiro atoms. The van der Waals surface area contributed by atoms with Gasteiger partial charge in [-0.05, 0) is 25.7 Å². The fourth-order valence-corrected chi connectivity index (χ4v) is 1.17. The van der Waals surface area contributed by atoms with Crippen LogP contribution in [0, 0.1) is 5.92 Å². The molecule has 1 fully saturated rings. The number of hydrogen-bond donors (Lipinski definition) is 1. The smallest absolute Gasteiger partial charge is 0.434 e. The van der Waals surface area contributed by atoms with Gasteiger partial charge in [-0.3, -0.25) is 4.79 Å². The van der Waals surface area contributed by atoms with Crippen LogP contribution in [0.1, 0.15) is 26.2 Å². The third-order valence-corrected chi connectivity index (χ3v) is 2.09. The summed E-state index contributed by atoms with van der Waals surface area (Å²) in [5, 5.41) is 0. The molecule has 0 amide bonds. The topological polar surface area (TPSA) is 78.6 Å². The SMILES string of the molecule is CCOC(=O)OC(=O)CC(N)C1CC1. The highest BCUT2D eigenvalue weighted by atomic mass is 16.7. The van der Waals surface area contributed by atoms with Gasteiger partial charge in [-0.2, -0.15) is 0 Å². The molecule has 0 aromatic rings. The van der Waals surface area contributed by atoms with Crippen LogP contribution in [0.2, 0.25) is 0 Å². The summed E-state index contributed by atoms with van der Waals surface area (Å²) in [7, 11) is 0. The van der Waals surface area contributed by atoms with Gasteiger partial charge in [-0.25, -0.2) is 4.79 Å². The first-order valence-corrected chi connectivity index (χ1v) is 4.76. The second-order valence-corrected chi connectivity index (χ2v) is 3.36. The van der Waals surface area contributed by atoms with Crippen LogP contribution in [0.25, 0.3) is 0 Å². The average molecular weight is 201 g/mol. The minimum absolute atomic E-state index is 0.0868. The van der Waals surface area contributed by atoms with Gasteiger partial charge in [-0.15, -0.1) is 0 Å². The Hall–Kier alpha value is -1.10. The molecule has 0 radical (unpaired) electrons. The highest BCUT2D eigenvalue weighted by Crippen LogP contribution is 2.32. The minimum atomic E-state index is -0.944. The predicted octanol–water partition coefficient (Wildman–Crippen LogP) is 0.813. The van der Waals surface area contributed by atoms with Crippen LogP contribution in [-0.2, 0) is 14.3 Å². The zero-order valence-electron chi connectivity index (χ0n) is 8.19. The summed E-state index contributed by atoms with van der Waals surface area (Å²) in [4.78, 5) is 21.8. The largest absolute Gasteiger partial charge is 0.516 e. The van der Waals surface area contributed by atoms with E-state index >= 15 is 0 Å². The lowest BCUT2D eigenvalue weighted by atomic mass is 10.1. The summed E-state index contributed by atoms with van der Waals surface area (Å²) < 4.78 is 8.81. The van der Waals surface area contributed by atoms with Gasteiger partial charge in [-0.1, -0.05) is 0 Å². The number of carbonyl (C=O) groups excluding carboxylic acids is 2. The summed E-state index contributed by atoms with van der Waals surface area (Å²) in [5.41, 5.74) is 5.68. The Labute approximate surface area is 82.5 Å². The predicted molar refractivity (Wildman–Crippen MR) is 48.4 cm³/mol. The number of carbonyl (C=O) groups is 2. The van der Waals surface area contributed by atoms with Gasteiger partial charge < -0.3 is 15.2 Å². The van der Waals surface area contributed by atoms with Gasteiger partial charge in [0.15, 0.2) is 0 Å². The third kappa shape index (κ3) is 3.74. The van der Waals surface area contributed by atoms with Gasteiger partial charge >= 0.3 is 12.1 Å². The molecule has 0 aromatic heterocycles. The molecule has 2 N–H and O–H groups in total. The maximum atomic E-state index is 11.1. The summed E-state index contributed by atoms with van der Waals surface area (Å²) in [6.07, 6.45) is 1.27. The molecule has 0 aromatic carbocycles. The minimum Gasteiger partial charge on any atom is -0.434 e. The zero-order valence-corrected chi connectivity index (χ0v) is 8.19. The molecule has 1 saturated carbocycles. The monoisotopic (exact) mass is 201 g/mol. The second kappa shape index (κ2) is 4.95. The Balaban J connectivity index is 2.17. The molecule has 14 heavy (non-hydrogen) atoms. The molecule has 1 rings (SSSR count). The normalized spacial score (nSPS) is 17.3. The Morgan fingerprint density at radius 1 is 1.50 bits per heavy atom. The van der Waals surface area contributed by atoms with Gasteiger partial charge in [0.05, 0.1) is 13.0 Å². The number of rotatable bonds is 4. The molecule has 0 aliphatic heterocycles. The first-order chi connectivity index (χ1) is 6.63. The van der Waals surface area contributed by atoms with Crippen LogP contribution >= 0.6 is 0 Å². The number of ether oxygens (including phenoxy) is 2. The summed E-state index contributed by atoms with van der Waals surface area (Å²) >= 11 is 0. The maximum absolute atomic E-state index is 11.1. The molecule has 0 heterocycles. The van der Waals surface area contributed by atoms with E-state index in [0.717, 1.165) is 12.8 Å². The van der Waals surface area contributed by atoms with Crippen molar-refractivity contribution in [2.24, 2.45) is 11.7 Å². The van der Waals surface area contributed by atoms with Crippen molar-refractivity contribution in [1.82, 2.24) is 0 Å². The number of esters is 1. The van der Waals surface area contributed by atoms with Crippen molar-refractivity contribution in [3.05, 3.63) is 0 Å². The molecule has 1 atom stereocenters. The van der Waals surface area contributed by atoms with E-state index in [4.69, 9.17) is 5.73 Å². The third-order valence-electron chi connectivity index (χ3n) is 2.09. The van der Waals surface area contributed by atoms with Crippen molar-refractivity contribution in [2.45, 2.75) is 32.2 Å². The molecule has 80 valence electrons. The molecule has 0 saturated heterocycles. The number of nitrogens with two attached hydrogens (primary N) is 1. The fourth-order valence-electron chi connectivity index (χ4n) is 1.17. The van der Waals surface area contributed by atoms with Crippen LogP contribution in [0.4, 0.5) is 4.79 Å². The first-order valence-electron chi connectivity index (χ1n) is 4.76. The van der Waals surface area contributed by atoms with Crippen LogP contribution < -0.4 is 5.73 Å². The highest BCUT2D eigenvalue weighted by molar-refractivity contribution is 5.82. The van der Waals surface area contributed by atoms with E-state index in [9.17, 15) is 9.59 Å². The van der Waals surface area contributed by atoms with E-state index in [2.05, 4.69) is 9.47 Å². The quantitative estimate of drug-likeness (QED) is 0.538. The van der Waals surface area contributed by atoms with Crippen molar-refractivity contribution in [3.63, 3.8) is 0 Å². The van der Waals surface area contributed by atoms with Crippen LogP contribution in [-0.4, -0.2) is 24.8 Å².